The monoisotopic (exact) mass is 476 g/mol. The van der Waals surface area contributed by atoms with Gasteiger partial charge in [0.2, 0.25) is 0 Å². The van der Waals surface area contributed by atoms with Crippen LogP contribution in [0.3, 0.4) is 0 Å². The van der Waals surface area contributed by atoms with Crippen molar-refractivity contribution in [1.29, 1.82) is 0 Å². The molecule has 0 heterocycles. The van der Waals surface area contributed by atoms with Crippen LogP contribution in [-0.4, -0.2) is 26.6 Å². The summed E-state index contributed by atoms with van der Waals surface area (Å²) < 4.78 is 28.2. The van der Waals surface area contributed by atoms with Gasteiger partial charge >= 0.3 is 193 Å². The molecule has 0 bridgehead atoms. The fraction of sp³-hybridized carbons (Fsp3) is 1.00. The zero-order valence-electron chi connectivity index (χ0n) is 20.1. The summed E-state index contributed by atoms with van der Waals surface area (Å²) in [6, 6.07) is 3.38. The average molecular weight is 477 g/mol. The van der Waals surface area contributed by atoms with Crippen molar-refractivity contribution < 1.29 is 31.1 Å². The Morgan fingerprint density at radius 1 is 0.533 bits per heavy atom. The van der Waals surface area contributed by atoms with Gasteiger partial charge in [-0.2, -0.15) is 0 Å². The van der Waals surface area contributed by atoms with Crippen LogP contribution in [0.15, 0.2) is 0 Å². The molecule has 6 heteroatoms. The summed E-state index contributed by atoms with van der Waals surface area (Å²) in [5.41, 5.74) is 0. The predicted octanol–water partition coefficient (Wildman–Crippen LogP) is 7.87. The molecule has 3 aliphatic carbocycles. The van der Waals surface area contributed by atoms with Gasteiger partial charge in [-0.3, -0.25) is 0 Å². The minimum atomic E-state index is -3.87. The first-order chi connectivity index (χ1) is 14.6. The fourth-order valence-electron chi connectivity index (χ4n) is 5.55. The van der Waals surface area contributed by atoms with E-state index < -0.39 is 26.5 Å². The maximum atomic E-state index is 7.24. The molecule has 3 aliphatic rings. The van der Waals surface area contributed by atoms with Gasteiger partial charge in [0.1, 0.15) is 0 Å². The number of rotatable bonds is 11. The summed E-state index contributed by atoms with van der Waals surface area (Å²) in [4.78, 5) is 0. The van der Waals surface area contributed by atoms with E-state index in [1.165, 1.54) is 57.8 Å². The van der Waals surface area contributed by atoms with Crippen molar-refractivity contribution in [3.63, 3.8) is 0 Å². The third-order valence-electron chi connectivity index (χ3n) is 7.86. The van der Waals surface area contributed by atoms with Gasteiger partial charge in [0.25, 0.3) is 0 Å². The van der Waals surface area contributed by atoms with Crippen LogP contribution in [0.2, 0.25) is 18.1 Å². The molecule has 3 rings (SSSR count). The van der Waals surface area contributed by atoms with Crippen molar-refractivity contribution in [2.45, 2.75) is 154 Å². The Morgan fingerprint density at radius 2 is 0.833 bits per heavy atom. The van der Waals surface area contributed by atoms with Crippen LogP contribution in [0.5, 0.6) is 0 Å². The molecule has 0 unspecified atom stereocenters. The molecule has 0 aromatic heterocycles. The van der Waals surface area contributed by atoms with Gasteiger partial charge in [-0.1, -0.05) is 0 Å². The summed E-state index contributed by atoms with van der Waals surface area (Å²) in [5.74, 6) is 0. The second kappa shape index (κ2) is 12.9. The molecular weight excluding hydrogens is 428 g/mol. The Kier molecular flexibility index (Phi) is 10.9. The quantitative estimate of drug-likeness (QED) is 0.284. The van der Waals surface area contributed by atoms with Gasteiger partial charge < -0.3 is 0 Å². The van der Waals surface area contributed by atoms with Gasteiger partial charge in [-0.05, 0) is 0 Å². The topological polar surface area (TPSA) is 36.9 Å². The third-order valence-corrected chi connectivity index (χ3v) is 18.5. The molecular formula is C24H48O4SiTi. The Hall–Kier alpha value is 0.771. The van der Waals surface area contributed by atoms with Crippen LogP contribution in [0.25, 0.3) is 0 Å². The van der Waals surface area contributed by atoms with Crippen LogP contribution < -0.4 is 0 Å². The summed E-state index contributed by atoms with van der Waals surface area (Å²) in [6.45, 7) is 6.94. The Morgan fingerprint density at radius 3 is 1.10 bits per heavy atom. The molecule has 3 fully saturated rings. The van der Waals surface area contributed by atoms with Crippen molar-refractivity contribution in [1.82, 2.24) is 0 Å². The third kappa shape index (κ3) is 7.40. The van der Waals surface area contributed by atoms with E-state index in [1.807, 2.05) is 0 Å². The predicted molar refractivity (Wildman–Crippen MR) is 122 cm³/mol. The normalized spacial score (nSPS) is 23.7. The summed E-state index contributed by atoms with van der Waals surface area (Å²) >= 11 is -3.87. The van der Waals surface area contributed by atoms with Crippen LogP contribution in [-0.2, 0) is 31.1 Å². The summed E-state index contributed by atoms with van der Waals surface area (Å²) in [6.07, 6.45) is 19.4. The molecule has 0 radical (unpaired) electrons. The van der Waals surface area contributed by atoms with Gasteiger partial charge in [-0.15, -0.1) is 0 Å². The van der Waals surface area contributed by atoms with Gasteiger partial charge in [0.05, 0.1) is 0 Å². The molecule has 0 N–H and O–H groups in total. The molecule has 176 valence electrons. The Labute approximate surface area is 192 Å². The Balaban J connectivity index is 1.86. The second-order valence-electron chi connectivity index (χ2n) is 9.98. The molecule has 0 atom stereocenters. The van der Waals surface area contributed by atoms with Crippen molar-refractivity contribution in [2.24, 2.45) is 0 Å². The van der Waals surface area contributed by atoms with E-state index in [2.05, 4.69) is 20.8 Å². The minimum absolute atomic E-state index is 0.281. The van der Waals surface area contributed by atoms with E-state index in [4.69, 9.17) is 13.0 Å². The zero-order chi connectivity index (χ0) is 21.3. The summed E-state index contributed by atoms with van der Waals surface area (Å²) in [5, 5.41) is 0. The zero-order valence-corrected chi connectivity index (χ0v) is 22.7. The van der Waals surface area contributed by atoms with E-state index in [0.717, 1.165) is 56.7 Å². The van der Waals surface area contributed by atoms with Crippen molar-refractivity contribution in [3.8, 4) is 0 Å². The van der Waals surface area contributed by atoms with Crippen LogP contribution in [0, 0.1) is 0 Å². The second-order valence-corrected chi connectivity index (χ2v) is 18.3. The standard InChI is InChI=1S/C6H15OSi.3C6H11O.Ti/c1-4-8(7,5-2)6-3;3*7-6-4-2-1-3-5-6;/h4-6H2,1-3H3;3*6H,1-5H2;/q4*-1;+4. The fourth-order valence-corrected chi connectivity index (χ4v) is 16.6. The van der Waals surface area contributed by atoms with Crippen molar-refractivity contribution in [2.75, 3.05) is 0 Å². The van der Waals surface area contributed by atoms with Gasteiger partial charge in [0, 0.05) is 0 Å². The summed E-state index contributed by atoms with van der Waals surface area (Å²) in [7, 11) is -1.90. The molecule has 0 aromatic rings. The molecule has 0 aliphatic heterocycles. The molecule has 0 amide bonds. The first-order valence-corrected chi connectivity index (χ1v) is 18.4. The first kappa shape index (κ1) is 25.4. The van der Waals surface area contributed by atoms with E-state index in [9.17, 15) is 0 Å². The molecule has 30 heavy (non-hydrogen) atoms. The van der Waals surface area contributed by atoms with Gasteiger partial charge in [-0.25, -0.2) is 0 Å². The maximum absolute atomic E-state index is 7.24. The molecule has 0 saturated heterocycles. The SMILES string of the molecule is CC[Si](CC)(CC)[O][Ti]([O]C1CCCCC1)([O]C1CCCCC1)[O]C1CCCCC1. The van der Waals surface area contributed by atoms with E-state index >= 15 is 0 Å². The first-order valence-electron chi connectivity index (χ1n) is 13.4. The van der Waals surface area contributed by atoms with Crippen LogP contribution in [0.4, 0.5) is 0 Å². The molecule has 3 saturated carbocycles. The van der Waals surface area contributed by atoms with E-state index in [-0.39, 0.29) is 18.3 Å². The van der Waals surface area contributed by atoms with E-state index in [1.54, 1.807) is 0 Å². The van der Waals surface area contributed by atoms with Gasteiger partial charge in [0.15, 0.2) is 0 Å². The van der Waals surface area contributed by atoms with E-state index in [0.29, 0.717) is 0 Å². The Bertz CT molecular complexity index is 411. The van der Waals surface area contributed by atoms with Crippen molar-refractivity contribution in [3.05, 3.63) is 0 Å². The number of hydrogen-bond donors (Lipinski definition) is 0. The molecule has 0 aromatic carbocycles. The molecule has 4 nitrogen and oxygen atoms in total. The van der Waals surface area contributed by atoms with Crippen LogP contribution in [0.1, 0.15) is 117 Å². The van der Waals surface area contributed by atoms with Crippen LogP contribution >= 0.6 is 0 Å². The number of hydrogen-bond acceptors (Lipinski definition) is 4. The van der Waals surface area contributed by atoms with Crippen molar-refractivity contribution >= 4 is 8.32 Å². The average Bonchev–Trinajstić information content (AvgIpc) is 2.80. The molecule has 0 spiro atoms.